The van der Waals surface area contributed by atoms with Crippen LogP contribution in [0.5, 0.6) is 0 Å². The number of carboxylic acids is 1. The Balaban J connectivity index is 2.90. The van der Waals surface area contributed by atoms with Gasteiger partial charge in [0.1, 0.15) is 17.0 Å². The van der Waals surface area contributed by atoms with E-state index in [-0.39, 0.29) is 0 Å². The molecular weight excluding hydrogens is 176 g/mol. The summed E-state index contributed by atoms with van der Waals surface area (Å²) in [4.78, 5) is 10.9. The molecule has 1 atom stereocenters. The Morgan fingerprint density at radius 1 is 1.83 bits per heavy atom. The SMILES string of the molecule is N#Cc1cc([C@@H](N)C(=O)O)cs1. The smallest absolute Gasteiger partial charge is 0.325 e. The maximum absolute atomic E-state index is 10.4. The summed E-state index contributed by atoms with van der Waals surface area (Å²) in [5, 5.41) is 18.5. The number of nitrogens with zero attached hydrogens (tertiary/aromatic N) is 1. The van der Waals surface area contributed by atoms with E-state index in [9.17, 15) is 4.79 Å². The number of nitriles is 1. The summed E-state index contributed by atoms with van der Waals surface area (Å²) in [5.74, 6) is -1.09. The Morgan fingerprint density at radius 3 is 2.92 bits per heavy atom. The number of carboxylic acid groups (broad SMARTS) is 1. The van der Waals surface area contributed by atoms with E-state index in [0.29, 0.717) is 10.4 Å². The number of rotatable bonds is 2. The molecule has 3 N–H and O–H groups in total. The Kier molecular flexibility index (Phi) is 2.43. The number of thiophene rings is 1. The molecule has 0 aromatic carbocycles. The lowest BCUT2D eigenvalue weighted by Gasteiger charge is -2.00. The van der Waals surface area contributed by atoms with Crippen LogP contribution in [0.4, 0.5) is 0 Å². The zero-order valence-corrected chi connectivity index (χ0v) is 6.84. The highest BCUT2D eigenvalue weighted by atomic mass is 32.1. The molecule has 1 aromatic rings. The van der Waals surface area contributed by atoms with Gasteiger partial charge in [-0.05, 0) is 17.0 Å². The van der Waals surface area contributed by atoms with Crippen molar-refractivity contribution in [3.05, 3.63) is 21.9 Å². The molecule has 62 valence electrons. The quantitative estimate of drug-likeness (QED) is 0.704. The predicted molar refractivity (Wildman–Crippen MR) is 43.6 cm³/mol. The molecular formula is C7H6N2O2S. The average molecular weight is 182 g/mol. The molecule has 0 aliphatic carbocycles. The van der Waals surface area contributed by atoms with Crippen LogP contribution in [0, 0.1) is 11.3 Å². The molecule has 12 heavy (non-hydrogen) atoms. The lowest BCUT2D eigenvalue weighted by atomic mass is 10.1. The minimum absolute atomic E-state index is 0.474. The molecule has 1 heterocycles. The van der Waals surface area contributed by atoms with Gasteiger partial charge in [-0.1, -0.05) is 0 Å². The zero-order chi connectivity index (χ0) is 9.14. The first-order valence-corrected chi connectivity index (χ1v) is 4.00. The normalized spacial score (nSPS) is 12.0. The Morgan fingerprint density at radius 2 is 2.50 bits per heavy atom. The highest BCUT2D eigenvalue weighted by Gasteiger charge is 2.15. The third kappa shape index (κ3) is 1.61. The number of hydrogen-bond donors (Lipinski definition) is 2. The summed E-state index contributed by atoms with van der Waals surface area (Å²) in [6.45, 7) is 0. The molecule has 1 rings (SSSR count). The summed E-state index contributed by atoms with van der Waals surface area (Å²) in [6.07, 6.45) is 0. The molecule has 0 aliphatic rings. The summed E-state index contributed by atoms with van der Waals surface area (Å²) < 4.78 is 0. The summed E-state index contributed by atoms with van der Waals surface area (Å²) in [7, 11) is 0. The van der Waals surface area contributed by atoms with E-state index in [1.807, 2.05) is 6.07 Å². The van der Waals surface area contributed by atoms with Crippen LogP contribution in [-0.2, 0) is 4.79 Å². The van der Waals surface area contributed by atoms with Crippen molar-refractivity contribution in [1.82, 2.24) is 0 Å². The number of hydrogen-bond acceptors (Lipinski definition) is 4. The first-order chi connectivity index (χ1) is 5.65. The molecule has 1 aromatic heterocycles. The highest BCUT2D eigenvalue weighted by Crippen LogP contribution is 2.18. The van der Waals surface area contributed by atoms with Crippen molar-refractivity contribution in [1.29, 1.82) is 5.26 Å². The van der Waals surface area contributed by atoms with Gasteiger partial charge in [0.2, 0.25) is 0 Å². The van der Waals surface area contributed by atoms with Gasteiger partial charge in [-0.15, -0.1) is 11.3 Å². The van der Waals surface area contributed by atoms with E-state index in [1.165, 1.54) is 17.4 Å². The number of nitrogens with two attached hydrogens (primary N) is 1. The first-order valence-electron chi connectivity index (χ1n) is 3.12. The molecule has 0 fully saturated rings. The predicted octanol–water partition coefficient (Wildman–Crippen LogP) is 0.704. The fourth-order valence-electron chi connectivity index (χ4n) is 0.715. The third-order valence-electron chi connectivity index (χ3n) is 1.36. The topological polar surface area (TPSA) is 87.1 Å². The van der Waals surface area contributed by atoms with E-state index < -0.39 is 12.0 Å². The van der Waals surface area contributed by atoms with Crippen LogP contribution in [0.25, 0.3) is 0 Å². The molecule has 0 aliphatic heterocycles. The first kappa shape index (κ1) is 8.71. The summed E-state index contributed by atoms with van der Waals surface area (Å²) in [6, 6.07) is 2.38. The van der Waals surface area contributed by atoms with E-state index in [0.717, 1.165) is 0 Å². The lowest BCUT2D eigenvalue weighted by molar-refractivity contribution is -0.138. The largest absolute Gasteiger partial charge is 0.480 e. The summed E-state index contributed by atoms with van der Waals surface area (Å²) in [5.41, 5.74) is 5.78. The van der Waals surface area contributed by atoms with Gasteiger partial charge in [0.05, 0.1) is 0 Å². The van der Waals surface area contributed by atoms with Crippen LogP contribution in [0.2, 0.25) is 0 Å². The van der Waals surface area contributed by atoms with E-state index in [2.05, 4.69) is 0 Å². The standard InChI is InChI=1S/C7H6N2O2S/c8-2-5-1-4(3-12-5)6(9)7(10)11/h1,3,6H,9H2,(H,10,11)/t6-/m1/s1. The summed E-state index contributed by atoms with van der Waals surface area (Å²) >= 11 is 1.19. The van der Waals surface area contributed by atoms with Gasteiger partial charge in [-0.2, -0.15) is 5.26 Å². The number of aliphatic carboxylic acids is 1. The molecule has 0 saturated heterocycles. The van der Waals surface area contributed by atoms with Crippen molar-refractivity contribution in [2.75, 3.05) is 0 Å². The molecule has 0 bridgehead atoms. The third-order valence-corrected chi connectivity index (χ3v) is 2.21. The minimum Gasteiger partial charge on any atom is -0.480 e. The monoisotopic (exact) mass is 182 g/mol. The van der Waals surface area contributed by atoms with Crippen LogP contribution in [0.15, 0.2) is 11.4 Å². The van der Waals surface area contributed by atoms with Gasteiger partial charge < -0.3 is 10.8 Å². The molecule has 5 heteroatoms. The van der Waals surface area contributed by atoms with Crippen molar-refractivity contribution >= 4 is 17.3 Å². The second-order valence-corrected chi connectivity index (χ2v) is 3.08. The zero-order valence-electron chi connectivity index (χ0n) is 6.02. The van der Waals surface area contributed by atoms with Crippen LogP contribution >= 0.6 is 11.3 Å². The molecule has 0 radical (unpaired) electrons. The van der Waals surface area contributed by atoms with Crippen molar-refractivity contribution in [3.63, 3.8) is 0 Å². The molecule has 0 saturated carbocycles. The van der Waals surface area contributed by atoms with Crippen LogP contribution < -0.4 is 5.73 Å². The molecule has 0 spiro atoms. The van der Waals surface area contributed by atoms with Crippen LogP contribution in [0.1, 0.15) is 16.5 Å². The van der Waals surface area contributed by atoms with Gasteiger partial charge in [0.25, 0.3) is 0 Å². The maximum atomic E-state index is 10.4. The Hall–Kier alpha value is -1.38. The Labute approximate surface area is 72.9 Å². The molecule has 0 unspecified atom stereocenters. The van der Waals surface area contributed by atoms with Crippen molar-refractivity contribution < 1.29 is 9.90 Å². The fourth-order valence-corrected chi connectivity index (χ4v) is 1.45. The maximum Gasteiger partial charge on any atom is 0.325 e. The molecule has 4 nitrogen and oxygen atoms in total. The van der Waals surface area contributed by atoms with Gasteiger partial charge in [-0.3, -0.25) is 4.79 Å². The van der Waals surface area contributed by atoms with Crippen molar-refractivity contribution in [2.45, 2.75) is 6.04 Å². The van der Waals surface area contributed by atoms with Crippen LogP contribution in [-0.4, -0.2) is 11.1 Å². The van der Waals surface area contributed by atoms with E-state index in [1.54, 1.807) is 5.38 Å². The number of carbonyl (C=O) groups is 1. The van der Waals surface area contributed by atoms with Gasteiger partial charge >= 0.3 is 5.97 Å². The van der Waals surface area contributed by atoms with Gasteiger partial charge in [0, 0.05) is 0 Å². The van der Waals surface area contributed by atoms with E-state index in [4.69, 9.17) is 16.1 Å². The fraction of sp³-hybridized carbons (Fsp3) is 0.143. The van der Waals surface area contributed by atoms with Crippen LogP contribution in [0.3, 0.4) is 0 Å². The minimum atomic E-state index is -1.09. The van der Waals surface area contributed by atoms with Crippen molar-refractivity contribution in [3.8, 4) is 6.07 Å². The van der Waals surface area contributed by atoms with Crippen molar-refractivity contribution in [2.24, 2.45) is 5.73 Å². The second kappa shape index (κ2) is 3.34. The average Bonchev–Trinajstić information content (AvgIpc) is 2.50. The lowest BCUT2D eigenvalue weighted by Crippen LogP contribution is -2.19. The van der Waals surface area contributed by atoms with E-state index >= 15 is 0 Å². The van der Waals surface area contributed by atoms with Gasteiger partial charge in [-0.25, -0.2) is 0 Å². The highest BCUT2D eigenvalue weighted by molar-refractivity contribution is 7.10. The second-order valence-electron chi connectivity index (χ2n) is 2.17. The van der Waals surface area contributed by atoms with Gasteiger partial charge in [0.15, 0.2) is 0 Å². The molecule has 0 amide bonds. The Bertz CT molecular complexity index is 339.